The van der Waals surface area contributed by atoms with Crippen LogP contribution in [0.15, 0.2) is 58.8 Å². The first-order chi connectivity index (χ1) is 14.5. The number of nitrogens with two attached hydrogens (primary N) is 1. The van der Waals surface area contributed by atoms with Gasteiger partial charge >= 0.3 is 0 Å². The summed E-state index contributed by atoms with van der Waals surface area (Å²) in [5, 5.41) is 0.841. The Balaban J connectivity index is 1.73. The number of carbonyl (C=O) groups is 1. The number of rotatable bonds is 4. The van der Waals surface area contributed by atoms with Gasteiger partial charge < -0.3 is 15.3 Å². The molecule has 3 heterocycles. The Morgan fingerprint density at radius 2 is 1.83 bits per heavy atom. The minimum absolute atomic E-state index is 0.0155. The summed E-state index contributed by atoms with van der Waals surface area (Å²) in [6, 6.07) is 10.1. The molecule has 3 N–H and O–H groups in total. The van der Waals surface area contributed by atoms with Gasteiger partial charge in [-0.15, -0.1) is 0 Å². The number of hydrogen-bond donors (Lipinski definition) is 2. The number of carbonyl (C=O) groups excluding carboxylic acids is 1. The maximum atomic E-state index is 13.5. The van der Waals surface area contributed by atoms with E-state index in [1.54, 1.807) is 42.7 Å². The summed E-state index contributed by atoms with van der Waals surface area (Å²) in [5.74, 6) is -0.461. The second-order valence-electron chi connectivity index (χ2n) is 7.72. The highest BCUT2D eigenvalue weighted by molar-refractivity contribution is 7.91. The summed E-state index contributed by atoms with van der Waals surface area (Å²) in [6.45, 7) is 0. The zero-order valence-corrected chi connectivity index (χ0v) is 17.0. The molecule has 0 radical (unpaired) electrons. The minimum atomic E-state index is -3.84. The predicted octanol–water partition coefficient (Wildman–Crippen LogP) is 2.96. The zero-order chi connectivity index (χ0) is 20.9. The van der Waals surface area contributed by atoms with Gasteiger partial charge in [-0.2, -0.15) is 0 Å². The maximum absolute atomic E-state index is 13.5. The van der Waals surface area contributed by atoms with Crippen LogP contribution < -0.4 is 5.73 Å². The van der Waals surface area contributed by atoms with E-state index < -0.39 is 9.84 Å². The molecule has 5 rings (SSSR count). The van der Waals surface area contributed by atoms with E-state index in [2.05, 4.69) is 15.0 Å². The van der Waals surface area contributed by atoms with Crippen LogP contribution in [0.1, 0.15) is 31.7 Å². The SMILES string of the molecule is NC(=O)C1CCC(n2c(S(=O)(=O)c3ccccc3)nc3cnc4[nH]ccc4c32)CC1. The molecule has 1 fully saturated rings. The second kappa shape index (κ2) is 6.94. The van der Waals surface area contributed by atoms with Gasteiger partial charge in [0, 0.05) is 23.5 Å². The number of H-pyrrole nitrogens is 1. The van der Waals surface area contributed by atoms with Crippen molar-refractivity contribution in [1.29, 1.82) is 0 Å². The quantitative estimate of drug-likeness (QED) is 0.522. The molecule has 1 saturated carbocycles. The highest BCUT2D eigenvalue weighted by Crippen LogP contribution is 2.39. The van der Waals surface area contributed by atoms with E-state index in [0.29, 0.717) is 36.8 Å². The van der Waals surface area contributed by atoms with E-state index in [4.69, 9.17) is 5.73 Å². The molecule has 0 spiro atoms. The molecular weight excluding hydrogens is 402 g/mol. The molecule has 0 saturated heterocycles. The number of sulfone groups is 1. The van der Waals surface area contributed by atoms with Crippen molar-refractivity contribution in [1.82, 2.24) is 19.5 Å². The van der Waals surface area contributed by atoms with Gasteiger partial charge in [0.05, 0.1) is 16.6 Å². The number of aromatic amines is 1. The lowest BCUT2D eigenvalue weighted by Crippen LogP contribution is -2.29. The average molecular weight is 423 g/mol. The third kappa shape index (κ3) is 2.88. The molecule has 3 aromatic heterocycles. The lowest BCUT2D eigenvalue weighted by atomic mass is 9.85. The number of nitrogens with one attached hydrogen (secondary N) is 1. The van der Waals surface area contributed by atoms with Crippen molar-refractivity contribution >= 4 is 37.8 Å². The summed E-state index contributed by atoms with van der Waals surface area (Å²) < 4.78 is 28.9. The molecule has 1 aliphatic rings. The molecule has 0 atom stereocenters. The number of fused-ring (bicyclic) bond motifs is 3. The van der Waals surface area contributed by atoms with E-state index in [1.165, 1.54) is 0 Å². The fraction of sp³-hybridized carbons (Fsp3) is 0.286. The van der Waals surface area contributed by atoms with Crippen LogP contribution >= 0.6 is 0 Å². The number of pyridine rings is 1. The first-order valence-corrected chi connectivity index (χ1v) is 11.4. The molecule has 0 aliphatic heterocycles. The van der Waals surface area contributed by atoms with Gasteiger partial charge in [0.25, 0.3) is 0 Å². The Labute approximate surface area is 173 Å². The first kappa shape index (κ1) is 18.8. The van der Waals surface area contributed by atoms with Gasteiger partial charge in [-0.05, 0) is 43.9 Å². The number of hydrogen-bond acceptors (Lipinski definition) is 5. The Morgan fingerprint density at radius 1 is 1.10 bits per heavy atom. The number of primary amides is 1. The summed E-state index contributed by atoms with van der Waals surface area (Å²) in [4.78, 5) is 23.8. The van der Waals surface area contributed by atoms with Gasteiger partial charge in [0.15, 0.2) is 0 Å². The average Bonchev–Trinajstić information content (AvgIpc) is 3.39. The fourth-order valence-electron chi connectivity index (χ4n) is 4.42. The van der Waals surface area contributed by atoms with Crippen molar-refractivity contribution in [3.63, 3.8) is 0 Å². The van der Waals surface area contributed by atoms with Crippen LogP contribution in [0.25, 0.3) is 22.1 Å². The largest absolute Gasteiger partial charge is 0.369 e. The monoisotopic (exact) mass is 423 g/mol. The third-order valence-corrected chi connectivity index (χ3v) is 7.62. The standard InChI is InChI=1S/C21H21N5O3S/c22-19(27)13-6-8-14(9-7-13)26-18-16-10-11-23-20(16)24-12-17(18)25-21(26)30(28,29)15-4-2-1-3-5-15/h1-5,10-14H,6-9H2,(H2,22,27)(H,23,24). The lowest BCUT2D eigenvalue weighted by molar-refractivity contribution is -0.122. The highest BCUT2D eigenvalue weighted by atomic mass is 32.2. The Morgan fingerprint density at radius 3 is 2.53 bits per heavy atom. The van der Waals surface area contributed by atoms with Crippen molar-refractivity contribution in [3.8, 4) is 0 Å². The number of amides is 1. The van der Waals surface area contributed by atoms with Crippen molar-refractivity contribution in [2.45, 2.75) is 41.8 Å². The van der Waals surface area contributed by atoms with E-state index in [0.717, 1.165) is 10.9 Å². The van der Waals surface area contributed by atoms with Crippen molar-refractivity contribution in [2.24, 2.45) is 11.7 Å². The molecule has 1 aromatic carbocycles. The van der Waals surface area contributed by atoms with E-state index in [-0.39, 0.29) is 27.9 Å². The highest BCUT2D eigenvalue weighted by Gasteiger charge is 2.33. The van der Waals surface area contributed by atoms with Crippen molar-refractivity contribution in [2.75, 3.05) is 0 Å². The summed E-state index contributed by atoms with van der Waals surface area (Å²) in [7, 11) is -3.84. The zero-order valence-electron chi connectivity index (χ0n) is 16.2. The molecule has 30 heavy (non-hydrogen) atoms. The van der Waals surface area contributed by atoms with E-state index >= 15 is 0 Å². The Kier molecular flexibility index (Phi) is 4.35. The summed E-state index contributed by atoms with van der Waals surface area (Å²) >= 11 is 0. The topological polar surface area (TPSA) is 124 Å². The van der Waals surface area contributed by atoms with Crippen molar-refractivity contribution < 1.29 is 13.2 Å². The molecular formula is C21H21N5O3S. The van der Waals surface area contributed by atoms with Gasteiger partial charge in [-0.3, -0.25) is 4.79 Å². The van der Waals surface area contributed by atoms with Gasteiger partial charge in [0.1, 0.15) is 11.2 Å². The first-order valence-electron chi connectivity index (χ1n) is 9.90. The van der Waals surface area contributed by atoms with Gasteiger partial charge in [-0.1, -0.05) is 18.2 Å². The number of benzene rings is 1. The number of aromatic nitrogens is 4. The van der Waals surface area contributed by atoms with E-state index in [9.17, 15) is 13.2 Å². The van der Waals surface area contributed by atoms with Gasteiger partial charge in [-0.25, -0.2) is 18.4 Å². The van der Waals surface area contributed by atoms with Crippen molar-refractivity contribution in [3.05, 3.63) is 48.8 Å². The van der Waals surface area contributed by atoms with Crippen LogP contribution in [0.4, 0.5) is 0 Å². The van der Waals surface area contributed by atoms with Crippen LogP contribution in [-0.4, -0.2) is 33.8 Å². The smallest absolute Gasteiger partial charge is 0.240 e. The Bertz CT molecular complexity index is 1350. The molecule has 8 nitrogen and oxygen atoms in total. The third-order valence-electron chi connectivity index (χ3n) is 5.96. The number of nitrogens with zero attached hydrogens (tertiary/aromatic N) is 3. The maximum Gasteiger partial charge on any atom is 0.240 e. The normalized spacial score (nSPS) is 20.0. The molecule has 0 unspecified atom stereocenters. The van der Waals surface area contributed by atoms with Crippen LogP contribution in [-0.2, 0) is 14.6 Å². The van der Waals surface area contributed by atoms with Crippen LogP contribution in [0.3, 0.4) is 0 Å². The molecule has 1 aliphatic carbocycles. The molecule has 4 aromatic rings. The van der Waals surface area contributed by atoms with Crippen LogP contribution in [0.2, 0.25) is 0 Å². The fourth-order valence-corrected chi connectivity index (χ4v) is 5.87. The predicted molar refractivity (Wildman–Crippen MR) is 111 cm³/mol. The Hall–Kier alpha value is -3.20. The molecule has 154 valence electrons. The molecule has 0 bridgehead atoms. The van der Waals surface area contributed by atoms with E-state index in [1.807, 2.05) is 10.6 Å². The second-order valence-corrected chi connectivity index (χ2v) is 9.56. The summed E-state index contributed by atoms with van der Waals surface area (Å²) in [5.41, 5.74) is 7.45. The molecule has 9 heteroatoms. The minimum Gasteiger partial charge on any atom is -0.369 e. The molecule has 1 amide bonds. The summed E-state index contributed by atoms with van der Waals surface area (Å²) in [6.07, 6.45) is 5.96. The number of imidazole rings is 1. The van der Waals surface area contributed by atoms with Crippen LogP contribution in [0.5, 0.6) is 0 Å². The lowest BCUT2D eigenvalue weighted by Gasteiger charge is -2.29. The van der Waals surface area contributed by atoms with Crippen LogP contribution in [0, 0.1) is 5.92 Å². The van der Waals surface area contributed by atoms with Gasteiger partial charge in [0.2, 0.25) is 20.9 Å².